The van der Waals surface area contributed by atoms with Crippen molar-refractivity contribution in [2.75, 3.05) is 13.2 Å². The predicted octanol–water partition coefficient (Wildman–Crippen LogP) is 2.17. The molecule has 0 amide bonds. The first-order valence-corrected chi connectivity index (χ1v) is 7.93. The van der Waals surface area contributed by atoms with E-state index in [-0.39, 0.29) is 5.60 Å². The lowest BCUT2D eigenvalue weighted by Gasteiger charge is -2.41. The number of ether oxygens (including phenoxy) is 1. The van der Waals surface area contributed by atoms with Gasteiger partial charge in [0.25, 0.3) is 0 Å². The van der Waals surface area contributed by atoms with Crippen LogP contribution in [0.15, 0.2) is 6.33 Å². The summed E-state index contributed by atoms with van der Waals surface area (Å²) in [7, 11) is 0. The largest absolute Gasteiger partial charge is 0.374 e. The van der Waals surface area contributed by atoms with Gasteiger partial charge in [0.15, 0.2) is 0 Å². The fourth-order valence-electron chi connectivity index (χ4n) is 2.95. The van der Waals surface area contributed by atoms with Crippen molar-refractivity contribution in [3.63, 3.8) is 0 Å². The second kappa shape index (κ2) is 7.18. The van der Waals surface area contributed by atoms with Crippen LogP contribution < -0.4 is 5.32 Å². The Morgan fingerprint density at radius 2 is 2.30 bits per heavy atom. The summed E-state index contributed by atoms with van der Waals surface area (Å²) in [5.41, 5.74) is -0.0854. The van der Waals surface area contributed by atoms with Gasteiger partial charge in [0.1, 0.15) is 12.2 Å². The summed E-state index contributed by atoms with van der Waals surface area (Å²) >= 11 is 0. The second-order valence-electron chi connectivity index (χ2n) is 5.82. The first-order valence-electron chi connectivity index (χ1n) is 7.93. The van der Waals surface area contributed by atoms with Crippen LogP contribution in [0.1, 0.15) is 52.3 Å². The number of aromatic nitrogens is 3. The second-order valence-corrected chi connectivity index (χ2v) is 5.82. The van der Waals surface area contributed by atoms with Crippen molar-refractivity contribution < 1.29 is 4.74 Å². The zero-order valence-electron chi connectivity index (χ0n) is 13.1. The fraction of sp³-hybridized carbons (Fsp3) is 0.867. The topological polar surface area (TPSA) is 52.0 Å². The molecule has 1 aromatic heterocycles. The van der Waals surface area contributed by atoms with Crippen LogP contribution in [0.25, 0.3) is 0 Å². The molecule has 2 atom stereocenters. The van der Waals surface area contributed by atoms with Gasteiger partial charge in [0, 0.05) is 25.6 Å². The summed E-state index contributed by atoms with van der Waals surface area (Å²) in [6.45, 7) is 9.30. The molecule has 5 nitrogen and oxygen atoms in total. The van der Waals surface area contributed by atoms with Crippen molar-refractivity contribution in [3.8, 4) is 0 Å². The van der Waals surface area contributed by atoms with E-state index in [0.717, 1.165) is 44.8 Å². The highest BCUT2D eigenvalue weighted by atomic mass is 16.5. The molecule has 0 spiro atoms. The molecule has 0 saturated carbocycles. The van der Waals surface area contributed by atoms with Gasteiger partial charge in [-0.3, -0.25) is 4.68 Å². The lowest BCUT2D eigenvalue weighted by Crippen LogP contribution is -2.53. The zero-order chi connectivity index (χ0) is 14.4. The third kappa shape index (κ3) is 3.58. The van der Waals surface area contributed by atoms with Crippen LogP contribution in [0.2, 0.25) is 0 Å². The number of hydrogen-bond donors (Lipinski definition) is 1. The van der Waals surface area contributed by atoms with Crippen molar-refractivity contribution in [2.45, 2.75) is 71.1 Å². The van der Waals surface area contributed by atoms with Gasteiger partial charge in [-0.15, -0.1) is 0 Å². The maximum Gasteiger partial charge on any atom is 0.138 e. The van der Waals surface area contributed by atoms with Crippen LogP contribution in [-0.4, -0.2) is 39.6 Å². The molecule has 5 heteroatoms. The summed E-state index contributed by atoms with van der Waals surface area (Å²) in [6, 6.07) is 0.303. The predicted molar refractivity (Wildman–Crippen MR) is 79.7 cm³/mol. The van der Waals surface area contributed by atoms with E-state index in [1.807, 2.05) is 4.68 Å². The molecule has 114 valence electrons. The zero-order valence-corrected chi connectivity index (χ0v) is 13.1. The quantitative estimate of drug-likeness (QED) is 0.831. The van der Waals surface area contributed by atoms with Crippen LogP contribution in [0.5, 0.6) is 0 Å². The Morgan fingerprint density at radius 3 is 2.95 bits per heavy atom. The number of aryl methyl sites for hydroxylation is 1. The van der Waals surface area contributed by atoms with E-state index in [9.17, 15) is 0 Å². The van der Waals surface area contributed by atoms with E-state index in [2.05, 4.69) is 36.2 Å². The standard InChI is InChI=1S/C15H28N4O/c1-4-9-16-13(15(3)8-6-7-10-20-15)11-14-17-12-18-19(14)5-2/h12-13,16H,4-11H2,1-3H3. The monoisotopic (exact) mass is 280 g/mol. The SMILES string of the molecule is CCCNC(Cc1ncnn1CC)C1(C)CCCCO1. The van der Waals surface area contributed by atoms with Gasteiger partial charge in [-0.2, -0.15) is 5.10 Å². The van der Waals surface area contributed by atoms with Gasteiger partial charge in [-0.25, -0.2) is 4.98 Å². The van der Waals surface area contributed by atoms with E-state index in [1.165, 1.54) is 12.8 Å². The van der Waals surface area contributed by atoms with Crippen molar-refractivity contribution in [1.29, 1.82) is 0 Å². The average Bonchev–Trinajstić information content (AvgIpc) is 2.91. The normalized spacial score (nSPS) is 24.8. The first-order chi connectivity index (χ1) is 9.69. The Morgan fingerprint density at radius 1 is 1.45 bits per heavy atom. The molecule has 2 heterocycles. The lowest BCUT2D eigenvalue weighted by atomic mass is 9.86. The number of nitrogens with zero attached hydrogens (tertiary/aromatic N) is 3. The van der Waals surface area contributed by atoms with Gasteiger partial charge in [0.2, 0.25) is 0 Å². The molecule has 0 bridgehead atoms. The Labute approximate surface area is 122 Å². The van der Waals surface area contributed by atoms with Gasteiger partial charge in [-0.1, -0.05) is 6.92 Å². The highest BCUT2D eigenvalue weighted by Gasteiger charge is 2.37. The number of nitrogens with one attached hydrogen (secondary N) is 1. The smallest absolute Gasteiger partial charge is 0.138 e. The summed E-state index contributed by atoms with van der Waals surface area (Å²) in [4.78, 5) is 4.42. The molecule has 1 aromatic rings. The van der Waals surface area contributed by atoms with Crippen LogP contribution in [0, 0.1) is 0 Å². The van der Waals surface area contributed by atoms with Crippen molar-refractivity contribution in [1.82, 2.24) is 20.1 Å². The molecule has 0 aliphatic carbocycles. The summed E-state index contributed by atoms with van der Waals surface area (Å²) in [5, 5.41) is 7.94. The molecular weight excluding hydrogens is 252 g/mol. The molecule has 1 saturated heterocycles. The maximum absolute atomic E-state index is 6.13. The van der Waals surface area contributed by atoms with Gasteiger partial charge in [0.05, 0.1) is 5.60 Å². The van der Waals surface area contributed by atoms with Gasteiger partial charge >= 0.3 is 0 Å². The van der Waals surface area contributed by atoms with Gasteiger partial charge < -0.3 is 10.1 Å². The Bertz CT molecular complexity index is 398. The maximum atomic E-state index is 6.13. The van der Waals surface area contributed by atoms with Crippen LogP contribution in [0.3, 0.4) is 0 Å². The molecule has 2 rings (SSSR count). The molecule has 1 fully saturated rings. The van der Waals surface area contributed by atoms with Crippen molar-refractivity contribution >= 4 is 0 Å². The van der Waals surface area contributed by atoms with E-state index < -0.39 is 0 Å². The minimum atomic E-state index is -0.0854. The highest BCUT2D eigenvalue weighted by molar-refractivity contribution is 4.99. The van der Waals surface area contributed by atoms with Crippen LogP contribution in [-0.2, 0) is 17.7 Å². The molecule has 0 aromatic carbocycles. The lowest BCUT2D eigenvalue weighted by molar-refractivity contribution is -0.0888. The Hall–Kier alpha value is -0.940. The van der Waals surface area contributed by atoms with E-state index in [0.29, 0.717) is 6.04 Å². The van der Waals surface area contributed by atoms with E-state index >= 15 is 0 Å². The number of hydrogen-bond acceptors (Lipinski definition) is 4. The Balaban J connectivity index is 2.10. The average molecular weight is 280 g/mol. The molecule has 1 N–H and O–H groups in total. The van der Waals surface area contributed by atoms with Crippen LogP contribution >= 0.6 is 0 Å². The van der Waals surface area contributed by atoms with Crippen LogP contribution in [0.4, 0.5) is 0 Å². The molecule has 0 radical (unpaired) electrons. The summed E-state index contributed by atoms with van der Waals surface area (Å²) in [6.07, 6.45) is 7.22. The molecule has 20 heavy (non-hydrogen) atoms. The summed E-state index contributed by atoms with van der Waals surface area (Å²) in [5.74, 6) is 1.05. The highest BCUT2D eigenvalue weighted by Crippen LogP contribution is 2.29. The minimum Gasteiger partial charge on any atom is -0.374 e. The molecule has 2 unspecified atom stereocenters. The summed E-state index contributed by atoms with van der Waals surface area (Å²) < 4.78 is 8.11. The van der Waals surface area contributed by atoms with Gasteiger partial charge in [-0.05, 0) is 46.1 Å². The van der Waals surface area contributed by atoms with E-state index in [1.54, 1.807) is 6.33 Å². The van der Waals surface area contributed by atoms with E-state index in [4.69, 9.17) is 4.74 Å². The Kier molecular flexibility index (Phi) is 5.54. The molecule has 1 aliphatic heterocycles. The molecule has 1 aliphatic rings. The number of rotatable bonds is 7. The third-order valence-electron chi connectivity index (χ3n) is 4.26. The van der Waals surface area contributed by atoms with Crippen molar-refractivity contribution in [3.05, 3.63) is 12.2 Å². The molecular formula is C15H28N4O. The van der Waals surface area contributed by atoms with Crippen molar-refractivity contribution in [2.24, 2.45) is 0 Å². The first kappa shape index (κ1) is 15.4. The minimum absolute atomic E-state index is 0.0854. The fourth-order valence-corrected chi connectivity index (χ4v) is 2.95. The third-order valence-corrected chi connectivity index (χ3v) is 4.26.